The molecule has 0 aromatic rings. The minimum atomic E-state index is -0.785. The number of aliphatic carboxylic acids is 1. The maximum Gasteiger partial charge on any atom is 0.320 e. The van der Waals surface area contributed by atoms with E-state index in [2.05, 4.69) is 0 Å². The zero-order valence-electron chi connectivity index (χ0n) is 8.86. The lowest BCUT2D eigenvalue weighted by atomic mass is 9.88. The number of aliphatic hydroxyl groups is 1. The van der Waals surface area contributed by atoms with Crippen molar-refractivity contribution in [2.75, 3.05) is 13.1 Å². The van der Waals surface area contributed by atoms with Crippen LogP contribution in [0.4, 0.5) is 0 Å². The van der Waals surface area contributed by atoms with Gasteiger partial charge in [-0.25, -0.2) is 0 Å². The van der Waals surface area contributed by atoms with Crippen LogP contribution in [-0.2, 0) is 4.79 Å². The minimum absolute atomic E-state index is 0.434. The topological polar surface area (TPSA) is 60.8 Å². The van der Waals surface area contributed by atoms with Gasteiger partial charge < -0.3 is 10.2 Å². The summed E-state index contributed by atoms with van der Waals surface area (Å²) in [5, 5.41) is 18.8. The van der Waals surface area contributed by atoms with E-state index in [0.717, 1.165) is 6.42 Å². The fourth-order valence-corrected chi connectivity index (χ4v) is 1.84. The molecular formula is C10H19NO3. The van der Waals surface area contributed by atoms with Crippen molar-refractivity contribution in [1.82, 2.24) is 4.90 Å². The zero-order valence-corrected chi connectivity index (χ0v) is 8.86. The molecule has 1 aliphatic heterocycles. The molecule has 1 rings (SSSR count). The summed E-state index contributed by atoms with van der Waals surface area (Å²) in [6.45, 7) is 5.02. The fourth-order valence-electron chi connectivity index (χ4n) is 1.84. The minimum Gasteiger partial charge on any atom is -0.480 e. The Hall–Kier alpha value is -0.610. The van der Waals surface area contributed by atoms with Crippen LogP contribution in [0.5, 0.6) is 0 Å². The molecule has 0 spiro atoms. The SMILES string of the molecule is CCC1(O)CCN(C(C)C(=O)O)CC1. The van der Waals surface area contributed by atoms with E-state index in [1.165, 1.54) is 0 Å². The first kappa shape index (κ1) is 11.5. The normalized spacial score (nSPS) is 24.5. The van der Waals surface area contributed by atoms with Crippen molar-refractivity contribution in [3.05, 3.63) is 0 Å². The molecule has 1 aliphatic rings. The number of carboxylic acid groups (broad SMARTS) is 1. The molecule has 0 radical (unpaired) electrons. The van der Waals surface area contributed by atoms with Gasteiger partial charge >= 0.3 is 5.97 Å². The third-order valence-corrected chi connectivity index (χ3v) is 3.29. The first-order chi connectivity index (χ1) is 6.48. The highest BCUT2D eigenvalue weighted by Crippen LogP contribution is 2.26. The molecule has 0 bridgehead atoms. The summed E-state index contributed by atoms with van der Waals surface area (Å²) < 4.78 is 0. The van der Waals surface area contributed by atoms with Crippen LogP contribution >= 0.6 is 0 Å². The smallest absolute Gasteiger partial charge is 0.320 e. The van der Waals surface area contributed by atoms with Gasteiger partial charge in [0.05, 0.1) is 5.60 Å². The van der Waals surface area contributed by atoms with Crippen LogP contribution in [0.15, 0.2) is 0 Å². The van der Waals surface area contributed by atoms with E-state index < -0.39 is 17.6 Å². The summed E-state index contributed by atoms with van der Waals surface area (Å²) in [4.78, 5) is 12.6. The van der Waals surface area contributed by atoms with Gasteiger partial charge in [-0.15, -0.1) is 0 Å². The lowest BCUT2D eigenvalue weighted by Crippen LogP contribution is -2.49. The largest absolute Gasteiger partial charge is 0.480 e. The van der Waals surface area contributed by atoms with Crippen molar-refractivity contribution in [1.29, 1.82) is 0 Å². The molecule has 1 unspecified atom stereocenters. The first-order valence-electron chi connectivity index (χ1n) is 5.18. The summed E-state index contributed by atoms with van der Waals surface area (Å²) in [5.41, 5.74) is -0.561. The van der Waals surface area contributed by atoms with Crippen LogP contribution in [0, 0.1) is 0 Å². The quantitative estimate of drug-likeness (QED) is 0.705. The van der Waals surface area contributed by atoms with Gasteiger partial charge in [0.15, 0.2) is 0 Å². The Balaban J connectivity index is 2.47. The second-order valence-electron chi connectivity index (χ2n) is 4.13. The van der Waals surface area contributed by atoms with Crippen LogP contribution in [0.2, 0.25) is 0 Å². The number of likely N-dealkylation sites (tertiary alicyclic amines) is 1. The van der Waals surface area contributed by atoms with Gasteiger partial charge in [-0.05, 0) is 26.2 Å². The summed E-state index contributed by atoms with van der Waals surface area (Å²) in [7, 11) is 0. The maximum atomic E-state index is 10.7. The Morgan fingerprint density at radius 2 is 2.00 bits per heavy atom. The van der Waals surface area contributed by atoms with Crippen LogP contribution in [0.1, 0.15) is 33.1 Å². The average molecular weight is 201 g/mol. The lowest BCUT2D eigenvalue weighted by molar-refractivity contribution is -0.144. The number of carbonyl (C=O) groups is 1. The van der Waals surface area contributed by atoms with Crippen molar-refractivity contribution in [3.63, 3.8) is 0 Å². The predicted molar refractivity (Wildman–Crippen MR) is 53.1 cm³/mol. The third kappa shape index (κ3) is 2.45. The van der Waals surface area contributed by atoms with Gasteiger partial charge in [-0.2, -0.15) is 0 Å². The summed E-state index contributed by atoms with van der Waals surface area (Å²) >= 11 is 0. The highest BCUT2D eigenvalue weighted by Gasteiger charge is 2.33. The molecule has 0 aliphatic carbocycles. The van der Waals surface area contributed by atoms with Crippen LogP contribution in [0.3, 0.4) is 0 Å². The van der Waals surface area contributed by atoms with Crippen molar-refractivity contribution >= 4 is 5.97 Å². The van der Waals surface area contributed by atoms with Crippen LogP contribution in [-0.4, -0.2) is 45.8 Å². The van der Waals surface area contributed by atoms with E-state index in [9.17, 15) is 9.90 Å². The summed E-state index contributed by atoms with van der Waals surface area (Å²) in [5.74, 6) is -0.785. The molecule has 0 amide bonds. The van der Waals surface area contributed by atoms with Gasteiger partial charge in [0.2, 0.25) is 0 Å². The number of hydrogen-bond acceptors (Lipinski definition) is 3. The van der Waals surface area contributed by atoms with Crippen molar-refractivity contribution in [2.45, 2.75) is 44.8 Å². The molecule has 82 valence electrons. The van der Waals surface area contributed by atoms with E-state index in [1.54, 1.807) is 6.92 Å². The summed E-state index contributed by atoms with van der Waals surface area (Å²) in [6.07, 6.45) is 2.12. The van der Waals surface area contributed by atoms with Gasteiger partial charge in [0.1, 0.15) is 6.04 Å². The highest BCUT2D eigenvalue weighted by atomic mass is 16.4. The summed E-state index contributed by atoms with van der Waals surface area (Å²) in [6, 6.07) is -0.434. The van der Waals surface area contributed by atoms with Crippen LogP contribution in [0.25, 0.3) is 0 Å². The molecule has 1 atom stereocenters. The Morgan fingerprint density at radius 1 is 1.50 bits per heavy atom. The Morgan fingerprint density at radius 3 is 2.36 bits per heavy atom. The van der Waals surface area contributed by atoms with E-state index in [0.29, 0.717) is 25.9 Å². The fraction of sp³-hybridized carbons (Fsp3) is 0.900. The number of nitrogens with zero attached hydrogens (tertiary/aromatic N) is 1. The molecule has 0 aromatic carbocycles. The van der Waals surface area contributed by atoms with Crippen molar-refractivity contribution < 1.29 is 15.0 Å². The van der Waals surface area contributed by atoms with E-state index in [1.807, 2.05) is 11.8 Å². The van der Waals surface area contributed by atoms with Gasteiger partial charge in [-0.1, -0.05) is 6.92 Å². The maximum absolute atomic E-state index is 10.7. The second kappa shape index (κ2) is 4.28. The molecule has 14 heavy (non-hydrogen) atoms. The Bertz CT molecular complexity index is 209. The van der Waals surface area contributed by atoms with Crippen molar-refractivity contribution in [3.8, 4) is 0 Å². The monoisotopic (exact) mass is 201 g/mol. The molecule has 4 heteroatoms. The average Bonchev–Trinajstić information content (AvgIpc) is 2.18. The van der Waals surface area contributed by atoms with E-state index >= 15 is 0 Å². The number of rotatable bonds is 3. The standard InChI is InChI=1S/C10H19NO3/c1-3-10(14)4-6-11(7-5-10)8(2)9(12)13/h8,14H,3-7H2,1-2H3,(H,12,13). The molecule has 4 nitrogen and oxygen atoms in total. The van der Waals surface area contributed by atoms with Crippen LogP contribution < -0.4 is 0 Å². The lowest BCUT2D eigenvalue weighted by Gasteiger charge is -2.39. The predicted octanol–water partition coefficient (Wildman–Crippen LogP) is 0.696. The van der Waals surface area contributed by atoms with Gasteiger partial charge in [-0.3, -0.25) is 9.69 Å². The highest BCUT2D eigenvalue weighted by molar-refractivity contribution is 5.72. The number of piperidine rings is 1. The van der Waals surface area contributed by atoms with Crippen molar-refractivity contribution in [2.24, 2.45) is 0 Å². The molecule has 1 saturated heterocycles. The molecular weight excluding hydrogens is 182 g/mol. The van der Waals surface area contributed by atoms with Gasteiger partial charge in [0.25, 0.3) is 0 Å². The molecule has 0 saturated carbocycles. The Labute approximate surface area is 84.5 Å². The molecule has 1 heterocycles. The number of carboxylic acids is 1. The Kier molecular flexibility index (Phi) is 3.50. The number of hydrogen-bond donors (Lipinski definition) is 2. The zero-order chi connectivity index (χ0) is 10.8. The third-order valence-electron chi connectivity index (χ3n) is 3.29. The molecule has 0 aromatic heterocycles. The van der Waals surface area contributed by atoms with E-state index in [4.69, 9.17) is 5.11 Å². The molecule has 2 N–H and O–H groups in total. The van der Waals surface area contributed by atoms with E-state index in [-0.39, 0.29) is 0 Å². The first-order valence-corrected chi connectivity index (χ1v) is 5.18. The van der Waals surface area contributed by atoms with Gasteiger partial charge in [0, 0.05) is 13.1 Å². The second-order valence-corrected chi connectivity index (χ2v) is 4.13. The molecule has 1 fully saturated rings.